The predicted octanol–water partition coefficient (Wildman–Crippen LogP) is 3.15. The third kappa shape index (κ3) is 12.4. The maximum Gasteiger partial charge on any atom is 1.00 e. The summed E-state index contributed by atoms with van der Waals surface area (Å²) in [5, 5.41) is 9.22. The Kier molecular flexibility index (Phi) is 17.3. The summed E-state index contributed by atoms with van der Waals surface area (Å²) in [7, 11) is 7.64. The molecule has 0 spiro atoms. The van der Waals surface area contributed by atoms with Gasteiger partial charge in [0.2, 0.25) is 0 Å². The third-order valence-electron chi connectivity index (χ3n) is 7.31. The molecule has 4 aromatic rings. The van der Waals surface area contributed by atoms with Crippen molar-refractivity contribution in [1.82, 2.24) is 0 Å². The molecule has 0 unspecified atom stereocenters. The van der Waals surface area contributed by atoms with Crippen LogP contribution in [0, 0.1) is 13.8 Å². The van der Waals surface area contributed by atoms with E-state index in [0.717, 1.165) is 16.8 Å². The zero-order chi connectivity index (χ0) is 34.7. The average molecular weight is 681 g/mol. The summed E-state index contributed by atoms with van der Waals surface area (Å²) < 4.78 is 14.2. The fraction of sp³-hybridized carbons (Fsp3) is 0.243. The standard InChI is InChI=1S/C19H21NO4.C18H19NO4.Na.H2O/c1-13-5-7-14(8-6-13)12-20(2)17-10-15(18(21)23-3)9-16(11-17)19(22)24-4;1-12-4-6-13(7-5-12)11-19(2)16-9-14(17(20)21)8-15(10-16)18(22)23-3;;/h5-11H,12H2,1-4H3;4-10H,11H2,1-3H3,(H,20,21);;1H2/q;;+1;/p-1. The molecule has 0 aromatic heterocycles. The molecule has 11 nitrogen and oxygen atoms in total. The molecule has 0 aliphatic rings. The Bertz CT molecular complexity index is 1690. The van der Waals surface area contributed by atoms with E-state index in [9.17, 15) is 24.3 Å². The molecule has 0 heterocycles. The zero-order valence-corrected chi connectivity index (χ0v) is 31.1. The summed E-state index contributed by atoms with van der Waals surface area (Å²) in [5.41, 5.74) is 6.88. The first-order chi connectivity index (χ1) is 22.3. The van der Waals surface area contributed by atoms with Crippen molar-refractivity contribution in [2.24, 2.45) is 0 Å². The van der Waals surface area contributed by atoms with Crippen LogP contribution in [0.1, 0.15) is 63.7 Å². The van der Waals surface area contributed by atoms with Gasteiger partial charge in [-0.25, -0.2) is 19.2 Å². The van der Waals surface area contributed by atoms with Crippen LogP contribution in [0.4, 0.5) is 11.4 Å². The number of hydrogen-bond acceptors (Lipinski definition) is 10. The van der Waals surface area contributed by atoms with Crippen LogP contribution < -0.4 is 39.4 Å². The van der Waals surface area contributed by atoms with Crippen molar-refractivity contribution in [2.75, 3.05) is 45.2 Å². The quantitative estimate of drug-likeness (QED) is 0.149. The molecule has 0 fully saturated rings. The van der Waals surface area contributed by atoms with Crippen LogP contribution in [0.5, 0.6) is 0 Å². The van der Waals surface area contributed by atoms with E-state index < -0.39 is 23.9 Å². The smallest absolute Gasteiger partial charge is 0.870 e. The second-order valence-electron chi connectivity index (χ2n) is 11.0. The second-order valence-corrected chi connectivity index (χ2v) is 11.0. The summed E-state index contributed by atoms with van der Waals surface area (Å²) >= 11 is 0. The molecule has 0 aliphatic carbocycles. The molecule has 0 saturated carbocycles. The largest absolute Gasteiger partial charge is 1.00 e. The molecule has 4 rings (SSSR count). The van der Waals surface area contributed by atoms with Crippen molar-refractivity contribution in [3.63, 3.8) is 0 Å². The van der Waals surface area contributed by atoms with E-state index in [1.54, 1.807) is 24.3 Å². The van der Waals surface area contributed by atoms with Crippen LogP contribution in [0.15, 0.2) is 84.9 Å². The summed E-state index contributed by atoms with van der Waals surface area (Å²) in [5.74, 6) is -2.63. The van der Waals surface area contributed by atoms with Gasteiger partial charge in [0.05, 0.1) is 43.6 Å². The van der Waals surface area contributed by atoms with Gasteiger partial charge < -0.3 is 34.6 Å². The van der Waals surface area contributed by atoms with Crippen LogP contribution in [0.3, 0.4) is 0 Å². The van der Waals surface area contributed by atoms with Crippen molar-refractivity contribution in [3.8, 4) is 0 Å². The fourth-order valence-corrected chi connectivity index (χ4v) is 4.61. The van der Waals surface area contributed by atoms with Gasteiger partial charge in [-0.05, 0) is 61.4 Å². The van der Waals surface area contributed by atoms with Gasteiger partial charge in [-0.1, -0.05) is 59.7 Å². The number of hydrogen-bond donors (Lipinski definition) is 1. The zero-order valence-electron chi connectivity index (χ0n) is 29.1. The SMILES string of the molecule is COC(=O)c1cc(C(=O)O)cc(N(C)Cc2ccc(C)cc2)c1.COC(=O)c1cc(C(=O)OC)cc(N(C)Cc2ccc(C)cc2)c1.[Na+].[OH-]. The normalized spacial score (nSPS) is 9.78. The number of esters is 3. The van der Waals surface area contributed by atoms with Crippen LogP contribution in [0.25, 0.3) is 0 Å². The molecular formula is C37H41N2NaO9. The number of aromatic carboxylic acids is 1. The predicted molar refractivity (Wildman–Crippen MR) is 182 cm³/mol. The number of aryl methyl sites for hydroxylation is 2. The first kappa shape index (κ1) is 42.3. The number of carboxylic acid groups (broad SMARTS) is 1. The maximum absolute atomic E-state index is 11.9. The Morgan fingerprint density at radius 3 is 1.12 bits per heavy atom. The third-order valence-corrected chi connectivity index (χ3v) is 7.31. The first-order valence-corrected chi connectivity index (χ1v) is 14.7. The molecule has 0 atom stereocenters. The second kappa shape index (κ2) is 20.0. The van der Waals surface area contributed by atoms with E-state index in [-0.39, 0.29) is 46.2 Å². The molecule has 4 aromatic carbocycles. The number of anilines is 2. The summed E-state index contributed by atoms with van der Waals surface area (Å²) in [6.45, 7) is 5.30. The number of methoxy groups -OCH3 is 3. The fourth-order valence-electron chi connectivity index (χ4n) is 4.61. The van der Waals surface area contributed by atoms with E-state index in [1.807, 2.05) is 74.1 Å². The topological polar surface area (TPSA) is 153 Å². The molecule has 12 heteroatoms. The van der Waals surface area contributed by atoms with E-state index in [2.05, 4.69) is 16.9 Å². The van der Waals surface area contributed by atoms with Crippen molar-refractivity contribution in [3.05, 3.63) is 129 Å². The van der Waals surface area contributed by atoms with Gasteiger partial charge >= 0.3 is 53.4 Å². The van der Waals surface area contributed by atoms with Gasteiger partial charge in [0, 0.05) is 38.6 Å². The number of rotatable bonds is 10. The molecule has 0 amide bonds. The van der Waals surface area contributed by atoms with Gasteiger partial charge in [0.1, 0.15) is 0 Å². The van der Waals surface area contributed by atoms with Crippen LogP contribution in [-0.2, 0) is 27.3 Å². The van der Waals surface area contributed by atoms with Crippen LogP contribution in [-0.4, -0.2) is 69.9 Å². The molecule has 49 heavy (non-hydrogen) atoms. The van der Waals surface area contributed by atoms with Gasteiger partial charge in [-0.3, -0.25) is 0 Å². The minimum atomic E-state index is -1.08. The molecule has 0 bridgehead atoms. The van der Waals surface area contributed by atoms with Crippen molar-refractivity contribution in [1.29, 1.82) is 0 Å². The Morgan fingerprint density at radius 2 is 0.837 bits per heavy atom. The summed E-state index contributed by atoms with van der Waals surface area (Å²) in [6, 6.07) is 25.7. The summed E-state index contributed by atoms with van der Waals surface area (Å²) in [6.07, 6.45) is 0. The Hall–Kier alpha value is -4.68. The number of carbonyl (C=O) groups is 4. The molecular weight excluding hydrogens is 639 g/mol. The Labute approximate surface area is 309 Å². The molecule has 254 valence electrons. The number of benzene rings is 4. The van der Waals surface area contributed by atoms with Gasteiger partial charge in [0.25, 0.3) is 0 Å². The first-order valence-electron chi connectivity index (χ1n) is 14.7. The number of carbonyl (C=O) groups excluding carboxylic acids is 3. The number of ether oxygens (including phenoxy) is 3. The van der Waals surface area contributed by atoms with Gasteiger partial charge in [0.15, 0.2) is 0 Å². The van der Waals surface area contributed by atoms with E-state index >= 15 is 0 Å². The molecule has 0 saturated heterocycles. The van der Waals surface area contributed by atoms with Crippen LogP contribution in [0.2, 0.25) is 0 Å². The number of nitrogens with zero attached hydrogens (tertiary/aromatic N) is 2. The van der Waals surface area contributed by atoms with Crippen LogP contribution >= 0.6 is 0 Å². The Morgan fingerprint density at radius 1 is 0.551 bits per heavy atom. The average Bonchev–Trinajstić information content (AvgIpc) is 3.08. The number of carboxylic acids is 1. The van der Waals surface area contributed by atoms with Gasteiger partial charge in [-0.2, -0.15) is 0 Å². The molecule has 0 aliphatic heterocycles. The van der Waals surface area contributed by atoms with E-state index in [0.29, 0.717) is 29.9 Å². The molecule has 0 radical (unpaired) electrons. The van der Waals surface area contributed by atoms with E-state index in [1.165, 1.54) is 44.6 Å². The minimum absolute atomic E-state index is 0. The van der Waals surface area contributed by atoms with Crippen molar-refractivity contribution >= 4 is 35.3 Å². The molecule has 2 N–H and O–H groups in total. The maximum atomic E-state index is 11.9. The van der Waals surface area contributed by atoms with E-state index in [4.69, 9.17) is 9.47 Å². The van der Waals surface area contributed by atoms with Gasteiger partial charge in [-0.15, -0.1) is 0 Å². The van der Waals surface area contributed by atoms with Crippen molar-refractivity contribution < 1.29 is 73.5 Å². The summed E-state index contributed by atoms with van der Waals surface area (Å²) in [4.78, 5) is 50.6. The van der Waals surface area contributed by atoms with Crippen molar-refractivity contribution in [2.45, 2.75) is 26.9 Å². The Balaban J connectivity index is 0.000000471. The monoisotopic (exact) mass is 680 g/mol. The minimum Gasteiger partial charge on any atom is -0.870 e.